The molecule has 1 amide bonds. The topological polar surface area (TPSA) is 57.7 Å². The van der Waals surface area contributed by atoms with E-state index in [0.717, 1.165) is 24.2 Å². The average molecular weight is 469 g/mol. The Balaban J connectivity index is 1.36. The Bertz CT molecular complexity index is 1170. The Morgan fingerprint density at radius 3 is 2.12 bits per heavy atom. The van der Waals surface area contributed by atoms with E-state index in [1.54, 1.807) is 30.3 Å². The zero-order chi connectivity index (χ0) is 22.6. The number of rotatable bonds is 6. The van der Waals surface area contributed by atoms with E-state index in [0.29, 0.717) is 31.1 Å². The first kappa shape index (κ1) is 22.5. The van der Waals surface area contributed by atoms with Gasteiger partial charge in [-0.25, -0.2) is 8.42 Å². The second-order valence-corrected chi connectivity index (χ2v) is 10.3. The number of hydrogen-bond donors (Lipinski definition) is 0. The minimum absolute atomic E-state index is 0.145. The van der Waals surface area contributed by atoms with Gasteiger partial charge in [0, 0.05) is 37.7 Å². The fourth-order valence-corrected chi connectivity index (χ4v) is 5.31. The first-order valence-corrected chi connectivity index (χ1v) is 12.4. The fourth-order valence-electron chi connectivity index (χ4n) is 3.86. The van der Waals surface area contributed by atoms with Crippen LogP contribution in [-0.4, -0.2) is 50.3 Å². The maximum Gasteiger partial charge on any atom is 0.227 e. The average Bonchev–Trinajstić information content (AvgIpc) is 2.81. The number of benzene rings is 3. The second kappa shape index (κ2) is 9.86. The van der Waals surface area contributed by atoms with Crippen LogP contribution in [0.15, 0.2) is 88.7 Å². The third-order valence-corrected chi connectivity index (χ3v) is 7.68. The zero-order valence-electron chi connectivity index (χ0n) is 17.7. The molecule has 0 N–H and O–H groups in total. The first-order valence-electron chi connectivity index (χ1n) is 10.6. The molecule has 0 unspecified atom stereocenters. The van der Waals surface area contributed by atoms with Crippen LogP contribution in [0, 0.1) is 0 Å². The third kappa shape index (κ3) is 5.38. The van der Waals surface area contributed by atoms with Crippen molar-refractivity contribution in [3.8, 4) is 0 Å². The van der Waals surface area contributed by atoms with Gasteiger partial charge in [-0.1, -0.05) is 54.1 Å². The maximum absolute atomic E-state index is 13.0. The van der Waals surface area contributed by atoms with Gasteiger partial charge in [0.15, 0.2) is 0 Å². The lowest BCUT2D eigenvalue weighted by Crippen LogP contribution is -2.48. The van der Waals surface area contributed by atoms with E-state index >= 15 is 0 Å². The van der Waals surface area contributed by atoms with E-state index in [1.807, 2.05) is 41.3 Å². The predicted molar refractivity (Wildman–Crippen MR) is 125 cm³/mol. The molecular formula is C25H25ClN2O3S. The Morgan fingerprint density at radius 1 is 0.781 bits per heavy atom. The minimum atomic E-state index is -3.60. The van der Waals surface area contributed by atoms with Gasteiger partial charge in [0.1, 0.15) is 0 Å². The summed E-state index contributed by atoms with van der Waals surface area (Å²) in [5, 5.41) is 0.499. The highest BCUT2D eigenvalue weighted by atomic mass is 35.5. The van der Waals surface area contributed by atoms with Gasteiger partial charge in [-0.15, -0.1) is 0 Å². The molecule has 4 rings (SSSR count). The fraction of sp³-hybridized carbons (Fsp3) is 0.240. The Kier molecular flexibility index (Phi) is 6.94. The van der Waals surface area contributed by atoms with Gasteiger partial charge in [-0.05, 0) is 47.5 Å². The van der Waals surface area contributed by atoms with Gasteiger partial charge in [0.2, 0.25) is 15.7 Å². The molecule has 5 nitrogen and oxygen atoms in total. The molecule has 7 heteroatoms. The highest BCUT2D eigenvalue weighted by molar-refractivity contribution is 7.91. The van der Waals surface area contributed by atoms with Crippen molar-refractivity contribution in [1.29, 1.82) is 0 Å². The molecule has 0 radical (unpaired) electrons. The smallest absolute Gasteiger partial charge is 0.227 e. The number of sulfone groups is 1. The largest absolute Gasteiger partial charge is 0.340 e. The summed E-state index contributed by atoms with van der Waals surface area (Å²) in [6, 6.07) is 23.1. The summed E-state index contributed by atoms with van der Waals surface area (Å²) in [6.07, 6.45) is 0.422. The lowest BCUT2D eigenvalue weighted by molar-refractivity contribution is -0.132. The summed E-state index contributed by atoms with van der Waals surface area (Å²) in [5.41, 5.74) is 1.96. The number of piperazine rings is 1. The molecule has 0 aliphatic carbocycles. The van der Waals surface area contributed by atoms with Gasteiger partial charge in [-0.3, -0.25) is 9.69 Å². The summed E-state index contributed by atoms with van der Waals surface area (Å²) < 4.78 is 25.9. The van der Waals surface area contributed by atoms with Crippen LogP contribution in [0.4, 0.5) is 0 Å². The van der Waals surface area contributed by atoms with Crippen molar-refractivity contribution in [2.75, 3.05) is 26.2 Å². The van der Waals surface area contributed by atoms with Crippen LogP contribution in [-0.2, 0) is 27.6 Å². The molecule has 0 aromatic heterocycles. The molecule has 1 aliphatic heterocycles. The Labute approximate surface area is 194 Å². The van der Waals surface area contributed by atoms with Gasteiger partial charge >= 0.3 is 0 Å². The lowest BCUT2D eigenvalue weighted by atomic mass is 10.1. The number of hydrogen-bond acceptors (Lipinski definition) is 4. The number of amides is 1. The summed E-state index contributed by atoms with van der Waals surface area (Å²) in [7, 11) is -3.60. The van der Waals surface area contributed by atoms with Crippen molar-refractivity contribution in [1.82, 2.24) is 9.80 Å². The number of carbonyl (C=O) groups is 1. The van der Waals surface area contributed by atoms with E-state index in [4.69, 9.17) is 11.6 Å². The van der Waals surface area contributed by atoms with Crippen molar-refractivity contribution in [3.05, 3.63) is 95.0 Å². The highest BCUT2D eigenvalue weighted by Gasteiger charge is 2.22. The minimum Gasteiger partial charge on any atom is -0.340 e. The standard InChI is InChI=1S/C25H25ClN2O3S/c26-22-9-11-23(12-10-22)32(30,31)24-8-4-7-21(17-24)19-27-13-15-28(16-14-27)25(29)18-20-5-2-1-3-6-20/h1-12,17H,13-16,18-19H2. The van der Waals surface area contributed by atoms with Crippen molar-refractivity contribution in [3.63, 3.8) is 0 Å². The molecule has 1 saturated heterocycles. The first-order chi connectivity index (χ1) is 15.4. The quantitative estimate of drug-likeness (QED) is 0.547. The van der Waals surface area contributed by atoms with Crippen molar-refractivity contribution >= 4 is 27.3 Å². The molecule has 0 bridgehead atoms. The molecule has 166 valence electrons. The van der Waals surface area contributed by atoms with Crippen LogP contribution < -0.4 is 0 Å². The van der Waals surface area contributed by atoms with Crippen LogP contribution in [0.5, 0.6) is 0 Å². The maximum atomic E-state index is 13.0. The molecule has 3 aromatic carbocycles. The normalized spacial score (nSPS) is 15.0. The SMILES string of the molecule is O=C(Cc1ccccc1)N1CCN(Cc2cccc(S(=O)(=O)c3ccc(Cl)cc3)c2)CC1. The molecule has 1 fully saturated rings. The van der Waals surface area contributed by atoms with Gasteiger partial charge in [-0.2, -0.15) is 0 Å². The van der Waals surface area contributed by atoms with Crippen molar-refractivity contribution < 1.29 is 13.2 Å². The lowest BCUT2D eigenvalue weighted by Gasteiger charge is -2.35. The van der Waals surface area contributed by atoms with Crippen LogP contribution in [0.1, 0.15) is 11.1 Å². The van der Waals surface area contributed by atoms with E-state index < -0.39 is 9.84 Å². The van der Waals surface area contributed by atoms with Gasteiger partial charge in [0.25, 0.3) is 0 Å². The Hall–Kier alpha value is -2.67. The molecule has 1 heterocycles. The zero-order valence-corrected chi connectivity index (χ0v) is 19.2. The molecule has 3 aromatic rings. The molecule has 0 spiro atoms. The van der Waals surface area contributed by atoms with Crippen LogP contribution >= 0.6 is 11.6 Å². The van der Waals surface area contributed by atoms with E-state index in [1.165, 1.54) is 12.1 Å². The summed E-state index contributed by atoms with van der Waals surface area (Å²) in [5.74, 6) is 0.145. The van der Waals surface area contributed by atoms with E-state index in [9.17, 15) is 13.2 Å². The molecule has 32 heavy (non-hydrogen) atoms. The second-order valence-electron chi connectivity index (χ2n) is 7.92. The van der Waals surface area contributed by atoms with Gasteiger partial charge in [0.05, 0.1) is 16.2 Å². The number of carbonyl (C=O) groups excluding carboxylic acids is 1. The van der Waals surface area contributed by atoms with Crippen LogP contribution in [0.2, 0.25) is 5.02 Å². The van der Waals surface area contributed by atoms with Gasteiger partial charge < -0.3 is 4.90 Å². The molecule has 1 aliphatic rings. The van der Waals surface area contributed by atoms with E-state index in [-0.39, 0.29) is 15.7 Å². The van der Waals surface area contributed by atoms with Crippen LogP contribution in [0.3, 0.4) is 0 Å². The molecule has 0 atom stereocenters. The monoisotopic (exact) mass is 468 g/mol. The number of nitrogens with zero attached hydrogens (tertiary/aromatic N) is 2. The molecular weight excluding hydrogens is 444 g/mol. The molecule has 0 saturated carbocycles. The van der Waals surface area contributed by atoms with Crippen molar-refractivity contribution in [2.24, 2.45) is 0 Å². The highest BCUT2D eigenvalue weighted by Crippen LogP contribution is 2.24. The van der Waals surface area contributed by atoms with Crippen LogP contribution in [0.25, 0.3) is 0 Å². The number of halogens is 1. The van der Waals surface area contributed by atoms with Crippen molar-refractivity contribution in [2.45, 2.75) is 22.8 Å². The summed E-state index contributed by atoms with van der Waals surface area (Å²) >= 11 is 5.89. The predicted octanol–water partition coefficient (Wildman–Crippen LogP) is 4.06. The van der Waals surface area contributed by atoms with E-state index in [2.05, 4.69) is 4.90 Å². The third-order valence-electron chi connectivity index (χ3n) is 5.66. The summed E-state index contributed by atoms with van der Waals surface area (Å²) in [6.45, 7) is 3.51. The summed E-state index contributed by atoms with van der Waals surface area (Å²) in [4.78, 5) is 17.2. The Morgan fingerprint density at radius 2 is 1.44 bits per heavy atom.